The molecule has 5 nitrogen and oxygen atoms in total. The van der Waals surface area contributed by atoms with Crippen molar-refractivity contribution in [1.29, 1.82) is 5.26 Å². The summed E-state index contributed by atoms with van der Waals surface area (Å²) in [5, 5.41) is 18.2. The number of likely N-dealkylation sites (tertiary alicyclic amines) is 1. The fraction of sp³-hybridized carbons (Fsp3) is 0.357. The number of hydrogen-bond acceptors (Lipinski definition) is 4. The number of aldehydes is 1. The smallest absolute Gasteiger partial charge is 0.320 e. The molecule has 2 rings (SSSR count). The Morgan fingerprint density at radius 1 is 1.47 bits per heavy atom. The average Bonchev–Trinajstić information content (AvgIpc) is 2.77. The summed E-state index contributed by atoms with van der Waals surface area (Å²) in [7, 11) is 0. The maximum Gasteiger partial charge on any atom is 0.320 e. The van der Waals surface area contributed by atoms with Gasteiger partial charge in [-0.3, -0.25) is 9.69 Å². The zero-order valence-electron chi connectivity index (χ0n) is 10.3. The van der Waals surface area contributed by atoms with Crippen molar-refractivity contribution in [3.05, 3.63) is 35.9 Å². The van der Waals surface area contributed by atoms with Crippen LogP contribution in [0.1, 0.15) is 12.0 Å². The van der Waals surface area contributed by atoms with Gasteiger partial charge in [0.2, 0.25) is 0 Å². The molecule has 1 aromatic carbocycles. The SMILES string of the molecule is N#C[C@@H]1C[C@H](C(=O)O)N(Cc2ccccc2)[C@H]1C=O. The first-order valence-corrected chi connectivity index (χ1v) is 6.04. The van der Waals surface area contributed by atoms with Gasteiger partial charge in [-0.1, -0.05) is 30.3 Å². The highest BCUT2D eigenvalue weighted by Gasteiger charge is 2.44. The molecule has 0 amide bonds. The average molecular weight is 258 g/mol. The van der Waals surface area contributed by atoms with Crippen LogP contribution in [0.4, 0.5) is 0 Å². The number of rotatable bonds is 4. The largest absolute Gasteiger partial charge is 0.480 e. The molecule has 3 atom stereocenters. The summed E-state index contributed by atoms with van der Waals surface area (Å²) in [4.78, 5) is 24.0. The highest BCUT2D eigenvalue weighted by molar-refractivity contribution is 5.76. The number of benzene rings is 1. The number of aliphatic carboxylic acids is 1. The third-order valence-corrected chi connectivity index (χ3v) is 3.47. The first-order valence-electron chi connectivity index (χ1n) is 6.04. The molecule has 1 aliphatic rings. The standard InChI is InChI=1S/C14H14N2O3/c15-7-11-6-12(14(18)19)16(13(11)9-17)8-10-4-2-1-3-5-10/h1-5,9,11-13H,6,8H2,(H,18,19)/t11-,12+,13-/m0/s1. The van der Waals surface area contributed by atoms with Crippen molar-refractivity contribution in [2.24, 2.45) is 5.92 Å². The van der Waals surface area contributed by atoms with Gasteiger partial charge in [0.15, 0.2) is 0 Å². The Hall–Kier alpha value is -2.19. The van der Waals surface area contributed by atoms with E-state index in [0.717, 1.165) is 5.56 Å². The maximum absolute atomic E-state index is 11.3. The minimum Gasteiger partial charge on any atom is -0.480 e. The monoisotopic (exact) mass is 258 g/mol. The molecule has 0 spiro atoms. The first-order chi connectivity index (χ1) is 9.17. The number of nitrogens with zero attached hydrogens (tertiary/aromatic N) is 2. The van der Waals surface area contributed by atoms with Gasteiger partial charge >= 0.3 is 5.97 Å². The second kappa shape index (κ2) is 5.63. The zero-order chi connectivity index (χ0) is 13.8. The van der Waals surface area contributed by atoms with E-state index >= 15 is 0 Å². The Kier molecular flexibility index (Phi) is 3.93. The van der Waals surface area contributed by atoms with Crippen molar-refractivity contribution in [1.82, 2.24) is 4.90 Å². The highest BCUT2D eigenvalue weighted by atomic mass is 16.4. The van der Waals surface area contributed by atoms with Gasteiger partial charge in [0.05, 0.1) is 18.0 Å². The molecule has 5 heteroatoms. The molecule has 1 saturated heterocycles. The molecule has 0 bridgehead atoms. The van der Waals surface area contributed by atoms with Crippen LogP contribution in [0.2, 0.25) is 0 Å². The van der Waals surface area contributed by atoms with Crippen LogP contribution < -0.4 is 0 Å². The fourth-order valence-corrected chi connectivity index (χ4v) is 2.51. The quantitative estimate of drug-likeness (QED) is 0.816. The highest BCUT2D eigenvalue weighted by Crippen LogP contribution is 2.30. The Balaban J connectivity index is 2.25. The number of carboxylic acid groups (broad SMARTS) is 1. The lowest BCUT2D eigenvalue weighted by atomic mass is 10.0. The van der Waals surface area contributed by atoms with Crippen LogP contribution in [0.5, 0.6) is 0 Å². The summed E-state index contributed by atoms with van der Waals surface area (Å²) in [6.45, 7) is 0.361. The van der Waals surface area contributed by atoms with Gasteiger partial charge in [-0.15, -0.1) is 0 Å². The van der Waals surface area contributed by atoms with Crippen molar-refractivity contribution in [3.63, 3.8) is 0 Å². The molecule has 1 heterocycles. The number of nitriles is 1. The van der Waals surface area contributed by atoms with E-state index in [1.807, 2.05) is 36.4 Å². The van der Waals surface area contributed by atoms with E-state index in [0.29, 0.717) is 12.8 Å². The van der Waals surface area contributed by atoms with Crippen molar-refractivity contribution in [3.8, 4) is 6.07 Å². The Morgan fingerprint density at radius 3 is 2.68 bits per heavy atom. The second-order valence-electron chi connectivity index (χ2n) is 4.61. The Bertz CT molecular complexity index is 509. The van der Waals surface area contributed by atoms with E-state index in [2.05, 4.69) is 0 Å². The normalized spacial score (nSPS) is 26.8. The maximum atomic E-state index is 11.3. The molecule has 0 radical (unpaired) electrons. The third-order valence-electron chi connectivity index (χ3n) is 3.47. The van der Waals surface area contributed by atoms with Crippen LogP contribution in [-0.4, -0.2) is 34.3 Å². The van der Waals surface area contributed by atoms with Crippen molar-refractivity contribution < 1.29 is 14.7 Å². The summed E-state index contributed by atoms with van der Waals surface area (Å²) < 4.78 is 0. The van der Waals surface area contributed by atoms with Crippen LogP contribution in [-0.2, 0) is 16.1 Å². The molecular formula is C14H14N2O3. The summed E-state index contributed by atoms with van der Waals surface area (Å²) in [5.74, 6) is -1.54. The lowest BCUT2D eigenvalue weighted by Gasteiger charge is -2.25. The van der Waals surface area contributed by atoms with E-state index in [1.165, 1.54) is 0 Å². The van der Waals surface area contributed by atoms with E-state index in [-0.39, 0.29) is 6.42 Å². The lowest BCUT2D eigenvalue weighted by Crippen LogP contribution is -2.41. The van der Waals surface area contributed by atoms with Crippen molar-refractivity contribution in [2.75, 3.05) is 0 Å². The van der Waals surface area contributed by atoms with Gasteiger partial charge in [0, 0.05) is 6.54 Å². The minimum absolute atomic E-state index is 0.197. The predicted molar refractivity (Wildman–Crippen MR) is 67.0 cm³/mol. The summed E-state index contributed by atoms with van der Waals surface area (Å²) in [6.07, 6.45) is 0.877. The first kappa shape index (κ1) is 13.2. The topological polar surface area (TPSA) is 81.4 Å². The molecule has 0 saturated carbocycles. The van der Waals surface area contributed by atoms with Gasteiger partial charge in [-0.2, -0.15) is 5.26 Å². The number of carboxylic acids is 1. The molecule has 1 aromatic rings. The molecule has 0 unspecified atom stereocenters. The van der Waals surface area contributed by atoms with Gasteiger partial charge in [-0.05, 0) is 12.0 Å². The zero-order valence-corrected chi connectivity index (χ0v) is 10.3. The molecule has 98 valence electrons. The Labute approximate surface area is 111 Å². The van der Waals surface area contributed by atoms with Crippen LogP contribution in [0.25, 0.3) is 0 Å². The summed E-state index contributed by atoms with van der Waals surface area (Å²) >= 11 is 0. The summed E-state index contributed by atoms with van der Waals surface area (Å²) in [5.41, 5.74) is 0.930. The van der Waals surface area contributed by atoms with E-state index in [1.54, 1.807) is 4.90 Å². The van der Waals surface area contributed by atoms with Gasteiger partial charge in [0.1, 0.15) is 12.3 Å². The van der Waals surface area contributed by atoms with Crippen molar-refractivity contribution >= 4 is 12.3 Å². The molecule has 1 N–H and O–H groups in total. The summed E-state index contributed by atoms with van der Waals surface area (Å²) in [6, 6.07) is 9.95. The molecule has 1 aliphatic heterocycles. The van der Waals surface area contributed by atoms with Crippen LogP contribution in [0.15, 0.2) is 30.3 Å². The number of carbonyl (C=O) groups is 2. The molecule has 1 fully saturated rings. The number of hydrogen-bond donors (Lipinski definition) is 1. The molecular weight excluding hydrogens is 244 g/mol. The van der Waals surface area contributed by atoms with Crippen LogP contribution in [0, 0.1) is 17.2 Å². The van der Waals surface area contributed by atoms with Crippen molar-refractivity contribution in [2.45, 2.75) is 25.0 Å². The third kappa shape index (κ3) is 2.64. The van der Waals surface area contributed by atoms with E-state index in [9.17, 15) is 14.7 Å². The van der Waals surface area contributed by atoms with Gasteiger partial charge in [0.25, 0.3) is 0 Å². The van der Waals surface area contributed by atoms with Crippen LogP contribution in [0.3, 0.4) is 0 Å². The number of carbonyl (C=O) groups excluding carboxylic acids is 1. The van der Waals surface area contributed by atoms with Gasteiger partial charge < -0.3 is 9.90 Å². The lowest BCUT2D eigenvalue weighted by molar-refractivity contribution is -0.143. The van der Waals surface area contributed by atoms with Gasteiger partial charge in [-0.25, -0.2) is 0 Å². The second-order valence-corrected chi connectivity index (χ2v) is 4.61. The molecule has 0 aromatic heterocycles. The molecule has 19 heavy (non-hydrogen) atoms. The predicted octanol–water partition coefficient (Wildman–Crippen LogP) is 1.05. The van der Waals surface area contributed by atoms with E-state index < -0.39 is 24.0 Å². The van der Waals surface area contributed by atoms with E-state index in [4.69, 9.17) is 5.26 Å². The fourth-order valence-electron chi connectivity index (χ4n) is 2.51. The minimum atomic E-state index is -0.986. The Morgan fingerprint density at radius 2 is 2.16 bits per heavy atom. The molecule has 0 aliphatic carbocycles. The van der Waals surface area contributed by atoms with Crippen LogP contribution >= 0.6 is 0 Å².